The zero-order valence-corrected chi connectivity index (χ0v) is 65.2. The molecule has 0 spiro atoms. The third-order valence-corrected chi connectivity index (χ3v) is 19.7. The largest absolute Gasteiger partial charge is 0.756 e. The van der Waals surface area contributed by atoms with Gasteiger partial charge in [0.1, 0.15) is 19.8 Å². The number of allylic oxidation sites excluding steroid dienone is 12. The first-order chi connectivity index (χ1) is 47.0. The predicted octanol–water partition coefficient (Wildman–Crippen LogP) is 27.2. The second kappa shape index (κ2) is 76.6. The molecule has 0 aliphatic rings. The highest BCUT2D eigenvalue weighted by molar-refractivity contribution is 7.45. The Kier molecular flexibility index (Phi) is 74.6. The molecule has 0 aromatic rings. The standard InChI is InChI=1S/C86H160NO8P/c1-6-8-10-12-14-16-18-20-22-24-26-28-30-32-34-36-38-39-40-41-42-43-44-45-46-47-49-51-53-55-57-59-61-63-65-67-69-71-73-75-77-79-86(89)95-84(83-94-96(90,91)93-81-80-87(3,4)5)82-92-85(88)78-76-74-72-70-68-66-64-62-60-58-56-54-52-50-48-37-35-33-31-29-27-25-23-21-19-17-15-13-11-9-7-2/h8,10,14,16,19-22,25-28,84H,6-7,9,11-13,15,17-18,23-24,29-83H2,1-5H3/b10-8-,16-14-,21-19-,22-20-,27-25-,28-26-. The van der Waals surface area contributed by atoms with Crippen molar-refractivity contribution in [2.75, 3.05) is 47.5 Å². The summed E-state index contributed by atoms with van der Waals surface area (Å²) in [5, 5.41) is 0. The summed E-state index contributed by atoms with van der Waals surface area (Å²) in [5.41, 5.74) is 0. The summed E-state index contributed by atoms with van der Waals surface area (Å²) >= 11 is 0. The molecule has 0 aliphatic carbocycles. The van der Waals surface area contributed by atoms with Crippen molar-refractivity contribution >= 4 is 19.8 Å². The van der Waals surface area contributed by atoms with E-state index < -0.39 is 26.5 Å². The Morgan fingerprint density at radius 1 is 0.333 bits per heavy atom. The van der Waals surface area contributed by atoms with Gasteiger partial charge in [0, 0.05) is 12.8 Å². The molecule has 0 saturated carbocycles. The monoisotopic (exact) mass is 1370 g/mol. The van der Waals surface area contributed by atoms with Crippen LogP contribution in [-0.2, 0) is 32.7 Å². The van der Waals surface area contributed by atoms with Crippen LogP contribution in [0.25, 0.3) is 0 Å². The van der Waals surface area contributed by atoms with Crippen molar-refractivity contribution in [3.05, 3.63) is 72.9 Å². The van der Waals surface area contributed by atoms with Gasteiger partial charge in [-0.2, -0.15) is 0 Å². The van der Waals surface area contributed by atoms with E-state index >= 15 is 0 Å². The number of hydrogen-bond acceptors (Lipinski definition) is 8. The third-order valence-electron chi connectivity index (χ3n) is 18.7. The molecule has 96 heavy (non-hydrogen) atoms. The van der Waals surface area contributed by atoms with Gasteiger partial charge in [-0.25, -0.2) is 0 Å². The van der Waals surface area contributed by atoms with Crippen LogP contribution < -0.4 is 4.89 Å². The summed E-state index contributed by atoms with van der Waals surface area (Å²) in [6.45, 7) is 4.19. The Balaban J connectivity index is 3.88. The van der Waals surface area contributed by atoms with E-state index in [1.165, 1.54) is 315 Å². The molecule has 0 amide bonds. The highest BCUT2D eigenvalue weighted by atomic mass is 31.2. The average Bonchev–Trinajstić information content (AvgIpc) is 2.54. The number of esters is 2. The molecule has 10 heteroatoms. The van der Waals surface area contributed by atoms with Crippen LogP contribution in [0.3, 0.4) is 0 Å². The fraction of sp³-hybridized carbons (Fsp3) is 0.837. The third kappa shape index (κ3) is 80.4. The summed E-state index contributed by atoms with van der Waals surface area (Å²) < 4.78 is 34.5. The fourth-order valence-corrected chi connectivity index (χ4v) is 13.1. The molecular weight excluding hydrogens is 1210 g/mol. The van der Waals surface area contributed by atoms with Crippen molar-refractivity contribution in [2.45, 2.75) is 418 Å². The zero-order chi connectivity index (χ0) is 69.7. The van der Waals surface area contributed by atoms with E-state index in [0.29, 0.717) is 17.4 Å². The Morgan fingerprint density at radius 3 is 0.885 bits per heavy atom. The maximum absolute atomic E-state index is 12.9. The molecule has 562 valence electrons. The van der Waals surface area contributed by atoms with Crippen molar-refractivity contribution in [2.24, 2.45) is 0 Å². The van der Waals surface area contributed by atoms with E-state index in [4.69, 9.17) is 18.5 Å². The maximum atomic E-state index is 12.9. The number of hydrogen-bond donors (Lipinski definition) is 0. The predicted molar refractivity (Wildman–Crippen MR) is 416 cm³/mol. The number of phosphoric ester groups is 1. The quantitative estimate of drug-likeness (QED) is 0.0195. The number of carbonyl (C=O) groups is 2. The first-order valence-corrected chi connectivity index (χ1v) is 43.1. The van der Waals surface area contributed by atoms with Gasteiger partial charge in [-0.05, 0) is 83.5 Å². The summed E-state index contributed by atoms with van der Waals surface area (Å²) in [4.78, 5) is 38.2. The van der Waals surface area contributed by atoms with E-state index in [2.05, 4.69) is 86.8 Å². The second-order valence-corrected chi connectivity index (χ2v) is 30.9. The molecule has 0 radical (unpaired) electrons. The van der Waals surface area contributed by atoms with Crippen molar-refractivity contribution in [1.82, 2.24) is 0 Å². The summed E-state index contributed by atoms with van der Waals surface area (Å²) in [7, 11) is 1.19. The minimum absolute atomic E-state index is 0.0285. The molecule has 0 N–H and O–H groups in total. The SMILES string of the molecule is CC/C=C\C/C=C\C/C=C\C/C=C\CCCCCCCCCCCCCCCCCCCCCCCCCCCCCCC(=O)OC(COC(=O)CCCCCCCCCCCCCCCCCCCCC/C=C\C/C=C\CCCCCCC)COP(=O)([O-])OCC[N+](C)(C)C. The number of likely N-dealkylation sites (N-methyl/N-ethyl adjacent to an activating group) is 1. The van der Waals surface area contributed by atoms with Crippen LogP contribution in [0.2, 0.25) is 0 Å². The summed E-state index contributed by atoms with van der Waals surface area (Å²) in [6.07, 6.45) is 105. The smallest absolute Gasteiger partial charge is 0.306 e. The lowest BCUT2D eigenvalue weighted by Gasteiger charge is -2.28. The lowest BCUT2D eigenvalue weighted by atomic mass is 10.0. The van der Waals surface area contributed by atoms with Crippen LogP contribution in [0.15, 0.2) is 72.9 Å². The van der Waals surface area contributed by atoms with E-state index in [1.54, 1.807) is 0 Å². The molecule has 9 nitrogen and oxygen atoms in total. The first-order valence-electron chi connectivity index (χ1n) is 41.6. The zero-order valence-electron chi connectivity index (χ0n) is 64.3. The lowest BCUT2D eigenvalue weighted by Crippen LogP contribution is -2.37. The van der Waals surface area contributed by atoms with Crippen molar-refractivity contribution in [1.29, 1.82) is 0 Å². The van der Waals surface area contributed by atoms with Crippen LogP contribution >= 0.6 is 7.82 Å². The Morgan fingerprint density at radius 2 is 0.594 bits per heavy atom. The minimum atomic E-state index is -4.64. The molecule has 0 fully saturated rings. The molecule has 2 unspecified atom stereocenters. The Hall–Kier alpha value is -2.55. The Bertz CT molecular complexity index is 1850. The van der Waals surface area contributed by atoms with Crippen LogP contribution in [0.1, 0.15) is 412 Å². The van der Waals surface area contributed by atoms with Crippen molar-refractivity contribution < 1.29 is 42.1 Å². The topological polar surface area (TPSA) is 111 Å². The second-order valence-electron chi connectivity index (χ2n) is 29.5. The number of rotatable bonds is 78. The summed E-state index contributed by atoms with van der Waals surface area (Å²) in [6, 6.07) is 0. The number of unbranched alkanes of at least 4 members (excludes halogenated alkanes) is 52. The lowest BCUT2D eigenvalue weighted by molar-refractivity contribution is -0.870. The van der Waals surface area contributed by atoms with E-state index in [9.17, 15) is 19.0 Å². The van der Waals surface area contributed by atoms with Gasteiger partial charge >= 0.3 is 11.9 Å². The normalized spacial score (nSPS) is 13.4. The molecule has 0 aliphatic heterocycles. The average molecular weight is 1370 g/mol. The van der Waals surface area contributed by atoms with Gasteiger partial charge in [-0.15, -0.1) is 0 Å². The molecule has 0 aromatic carbocycles. The van der Waals surface area contributed by atoms with E-state index in [-0.39, 0.29) is 32.0 Å². The number of quaternary nitrogens is 1. The van der Waals surface area contributed by atoms with Crippen LogP contribution in [0.5, 0.6) is 0 Å². The van der Waals surface area contributed by atoms with Gasteiger partial charge in [-0.3, -0.25) is 14.2 Å². The van der Waals surface area contributed by atoms with Crippen LogP contribution in [-0.4, -0.2) is 70.0 Å². The molecular formula is C86H160NO8P. The van der Waals surface area contributed by atoms with Gasteiger partial charge < -0.3 is 27.9 Å². The van der Waals surface area contributed by atoms with E-state index in [1.807, 2.05) is 21.1 Å². The van der Waals surface area contributed by atoms with E-state index in [0.717, 1.165) is 64.2 Å². The van der Waals surface area contributed by atoms with Crippen LogP contribution in [0.4, 0.5) is 0 Å². The number of ether oxygens (including phenoxy) is 2. The maximum Gasteiger partial charge on any atom is 0.306 e. The molecule has 0 heterocycles. The summed E-state index contributed by atoms with van der Waals surface area (Å²) in [5.74, 6) is -0.809. The highest BCUT2D eigenvalue weighted by Gasteiger charge is 2.22. The van der Waals surface area contributed by atoms with Crippen LogP contribution in [0, 0.1) is 0 Å². The Labute approximate surface area is 597 Å². The van der Waals surface area contributed by atoms with Gasteiger partial charge in [-0.1, -0.05) is 389 Å². The van der Waals surface area contributed by atoms with Gasteiger partial charge in [0.2, 0.25) is 0 Å². The number of phosphoric acid groups is 1. The number of nitrogens with zero attached hydrogens (tertiary/aromatic N) is 1. The minimum Gasteiger partial charge on any atom is -0.756 e. The van der Waals surface area contributed by atoms with Gasteiger partial charge in [0.25, 0.3) is 7.82 Å². The molecule has 2 atom stereocenters. The molecule has 0 bridgehead atoms. The molecule has 0 rings (SSSR count). The molecule has 0 saturated heterocycles. The van der Waals surface area contributed by atoms with Gasteiger partial charge in [0.05, 0.1) is 27.7 Å². The number of carbonyl (C=O) groups excluding carboxylic acids is 2. The van der Waals surface area contributed by atoms with Crippen molar-refractivity contribution in [3.63, 3.8) is 0 Å². The fourth-order valence-electron chi connectivity index (χ4n) is 12.4. The van der Waals surface area contributed by atoms with Crippen molar-refractivity contribution in [3.8, 4) is 0 Å². The molecule has 0 aromatic heterocycles. The van der Waals surface area contributed by atoms with Gasteiger partial charge in [0.15, 0.2) is 6.10 Å². The highest BCUT2D eigenvalue weighted by Crippen LogP contribution is 2.38. The first kappa shape index (κ1) is 93.5.